The maximum Gasteiger partial charge on any atom is 0.122 e. The lowest BCUT2D eigenvalue weighted by atomic mass is 9.77. The summed E-state index contributed by atoms with van der Waals surface area (Å²) >= 11 is 0. The number of benzene rings is 1. The van der Waals surface area contributed by atoms with E-state index in [9.17, 15) is 5.11 Å². The van der Waals surface area contributed by atoms with Gasteiger partial charge in [-0.3, -0.25) is 0 Å². The first-order chi connectivity index (χ1) is 8.33. The van der Waals surface area contributed by atoms with Crippen LogP contribution in [-0.4, -0.2) is 5.11 Å². The van der Waals surface area contributed by atoms with Crippen molar-refractivity contribution in [1.29, 1.82) is 0 Å². The van der Waals surface area contributed by atoms with Gasteiger partial charge in [0.25, 0.3) is 0 Å². The van der Waals surface area contributed by atoms with Crippen molar-refractivity contribution in [2.24, 2.45) is 0 Å². The number of hydrogen-bond acceptors (Lipinski definition) is 1. The van der Waals surface area contributed by atoms with Crippen molar-refractivity contribution in [3.05, 3.63) is 28.8 Å². The van der Waals surface area contributed by atoms with Crippen LogP contribution >= 0.6 is 0 Å². The SMILES string of the molecule is CCCC(C)(C)c1cc(CC)cc(C(C)C)c1O. The molecule has 18 heavy (non-hydrogen) atoms. The topological polar surface area (TPSA) is 20.2 Å². The maximum atomic E-state index is 10.5. The summed E-state index contributed by atoms with van der Waals surface area (Å²) in [7, 11) is 0. The lowest BCUT2D eigenvalue weighted by molar-refractivity contribution is 0.411. The molecule has 0 aliphatic carbocycles. The summed E-state index contributed by atoms with van der Waals surface area (Å²) in [6, 6.07) is 4.35. The minimum atomic E-state index is 0.0493. The van der Waals surface area contributed by atoms with E-state index in [1.54, 1.807) is 0 Å². The van der Waals surface area contributed by atoms with Crippen molar-refractivity contribution in [2.75, 3.05) is 0 Å². The zero-order chi connectivity index (χ0) is 13.9. The summed E-state index contributed by atoms with van der Waals surface area (Å²) < 4.78 is 0. The number of phenols is 1. The second-order valence-corrected chi connectivity index (χ2v) is 6.22. The summed E-state index contributed by atoms with van der Waals surface area (Å²) in [4.78, 5) is 0. The highest BCUT2D eigenvalue weighted by molar-refractivity contribution is 5.48. The highest BCUT2D eigenvalue weighted by atomic mass is 16.3. The highest BCUT2D eigenvalue weighted by Gasteiger charge is 2.25. The van der Waals surface area contributed by atoms with Gasteiger partial charge < -0.3 is 5.11 Å². The molecule has 102 valence electrons. The van der Waals surface area contributed by atoms with E-state index < -0.39 is 0 Å². The predicted molar refractivity (Wildman–Crippen MR) is 79.5 cm³/mol. The molecule has 1 nitrogen and oxygen atoms in total. The molecule has 0 saturated carbocycles. The molecule has 0 unspecified atom stereocenters. The van der Waals surface area contributed by atoms with Crippen LogP contribution in [0.2, 0.25) is 0 Å². The van der Waals surface area contributed by atoms with Gasteiger partial charge in [-0.2, -0.15) is 0 Å². The van der Waals surface area contributed by atoms with E-state index in [1.807, 2.05) is 0 Å². The first-order valence-electron chi connectivity index (χ1n) is 7.19. The molecule has 0 atom stereocenters. The molecule has 1 heteroatoms. The van der Waals surface area contributed by atoms with E-state index in [4.69, 9.17) is 0 Å². The van der Waals surface area contributed by atoms with Gasteiger partial charge in [0.1, 0.15) is 5.75 Å². The third-order valence-corrected chi connectivity index (χ3v) is 3.83. The second kappa shape index (κ2) is 5.77. The summed E-state index contributed by atoms with van der Waals surface area (Å²) in [5.41, 5.74) is 3.59. The van der Waals surface area contributed by atoms with Crippen LogP contribution < -0.4 is 0 Å². The van der Waals surface area contributed by atoms with Crippen LogP contribution in [0.3, 0.4) is 0 Å². The molecule has 0 fully saturated rings. The van der Waals surface area contributed by atoms with Gasteiger partial charge in [-0.1, -0.05) is 60.1 Å². The molecule has 1 aromatic carbocycles. The number of aryl methyl sites for hydroxylation is 1. The number of rotatable bonds is 5. The number of phenolic OH excluding ortho intramolecular Hbond substituents is 1. The summed E-state index contributed by atoms with van der Waals surface area (Å²) in [6.07, 6.45) is 3.26. The van der Waals surface area contributed by atoms with Crippen LogP contribution in [0.4, 0.5) is 0 Å². The lowest BCUT2D eigenvalue weighted by Crippen LogP contribution is -2.18. The summed E-state index contributed by atoms with van der Waals surface area (Å²) in [6.45, 7) is 13.1. The lowest BCUT2D eigenvalue weighted by Gasteiger charge is -2.28. The van der Waals surface area contributed by atoms with Gasteiger partial charge in [0.15, 0.2) is 0 Å². The molecule has 0 aromatic heterocycles. The number of hydrogen-bond donors (Lipinski definition) is 1. The van der Waals surface area contributed by atoms with Crippen LogP contribution in [-0.2, 0) is 11.8 Å². The standard InChI is InChI=1S/C17H28O/c1-7-9-17(5,6)15-11-13(8-2)10-14(12(3)4)16(15)18/h10-12,18H,7-9H2,1-6H3. The van der Waals surface area contributed by atoms with Gasteiger partial charge in [-0.05, 0) is 35.3 Å². The molecule has 0 spiro atoms. The van der Waals surface area contributed by atoms with Crippen molar-refractivity contribution in [3.63, 3.8) is 0 Å². The third kappa shape index (κ3) is 3.07. The molecular weight excluding hydrogens is 220 g/mol. The Balaban J connectivity index is 3.38. The van der Waals surface area contributed by atoms with E-state index in [2.05, 4.69) is 53.7 Å². The maximum absolute atomic E-state index is 10.5. The van der Waals surface area contributed by atoms with Crippen LogP contribution in [0.1, 0.15) is 77.0 Å². The van der Waals surface area contributed by atoms with Crippen LogP contribution in [0.5, 0.6) is 5.75 Å². The normalized spacial score (nSPS) is 12.2. The van der Waals surface area contributed by atoms with Gasteiger partial charge in [-0.25, -0.2) is 0 Å². The quantitative estimate of drug-likeness (QED) is 0.763. The molecule has 1 N–H and O–H groups in total. The fourth-order valence-corrected chi connectivity index (χ4v) is 2.64. The monoisotopic (exact) mass is 248 g/mol. The molecule has 0 radical (unpaired) electrons. The Kier molecular flexibility index (Phi) is 4.84. The Morgan fingerprint density at radius 2 is 1.78 bits per heavy atom. The molecule has 0 saturated heterocycles. The fraction of sp³-hybridized carbons (Fsp3) is 0.647. The molecule has 1 rings (SSSR count). The van der Waals surface area contributed by atoms with Crippen molar-refractivity contribution in [2.45, 2.75) is 72.1 Å². The van der Waals surface area contributed by atoms with Gasteiger partial charge in [0, 0.05) is 5.56 Å². The molecule has 0 aliphatic rings. The molecule has 0 aliphatic heterocycles. The number of aromatic hydroxyl groups is 1. The Labute approximate surface area is 112 Å². The van der Waals surface area contributed by atoms with Crippen molar-refractivity contribution in [1.82, 2.24) is 0 Å². The van der Waals surface area contributed by atoms with Crippen molar-refractivity contribution < 1.29 is 5.11 Å². The second-order valence-electron chi connectivity index (χ2n) is 6.22. The zero-order valence-electron chi connectivity index (χ0n) is 12.8. The average molecular weight is 248 g/mol. The van der Waals surface area contributed by atoms with E-state index in [0.29, 0.717) is 11.7 Å². The Bertz CT molecular complexity index is 402. The molecule has 0 bridgehead atoms. The molecule has 0 amide bonds. The molecule has 1 aromatic rings. The van der Waals surface area contributed by atoms with E-state index in [1.165, 1.54) is 5.56 Å². The van der Waals surface area contributed by atoms with Gasteiger partial charge >= 0.3 is 0 Å². The van der Waals surface area contributed by atoms with Crippen molar-refractivity contribution in [3.8, 4) is 5.75 Å². The third-order valence-electron chi connectivity index (χ3n) is 3.83. The average Bonchev–Trinajstić information content (AvgIpc) is 2.28. The summed E-state index contributed by atoms with van der Waals surface area (Å²) in [5.74, 6) is 0.883. The van der Waals surface area contributed by atoms with Crippen LogP contribution in [0, 0.1) is 0 Å². The van der Waals surface area contributed by atoms with E-state index in [-0.39, 0.29) is 5.41 Å². The van der Waals surface area contributed by atoms with E-state index in [0.717, 1.165) is 30.4 Å². The predicted octanol–water partition coefficient (Wildman–Crippen LogP) is 5.16. The van der Waals surface area contributed by atoms with Crippen LogP contribution in [0.25, 0.3) is 0 Å². The zero-order valence-corrected chi connectivity index (χ0v) is 12.8. The molecular formula is C17H28O. The van der Waals surface area contributed by atoms with Crippen molar-refractivity contribution >= 4 is 0 Å². The first kappa shape index (κ1) is 15.1. The largest absolute Gasteiger partial charge is 0.507 e. The Morgan fingerprint density at radius 3 is 2.22 bits per heavy atom. The molecule has 0 heterocycles. The summed E-state index contributed by atoms with van der Waals surface area (Å²) in [5, 5.41) is 10.5. The highest BCUT2D eigenvalue weighted by Crippen LogP contribution is 2.40. The Morgan fingerprint density at radius 1 is 1.17 bits per heavy atom. The minimum Gasteiger partial charge on any atom is -0.507 e. The Hall–Kier alpha value is -0.980. The smallest absolute Gasteiger partial charge is 0.122 e. The van der Waals surface area contributed by atoms with Gasteiger partial charge in [-0.15, -0.1) is 0 Å². The first-order valence-corrected chi connectivity index (χ1v) is 7.19. The fourth-order valence-electron chi connectivity index (χ4n) is 2.64. The van der Waals surface area contributed by atoms with Crippen LogP contribution in [0.15, 0.2) is 12.1 Å². The van der Waals surface area contributed by atoms with Gasteiger partial charge in [0.2, 0.25) is 0 Å². The minimum absolute atomic E-state index is 0.0493. The van der Waals surface area contributed by atoms with E-state index >= 15 is 0 Å². The van der Waals surface area contributed by atoms with Gasteiger partial charge in [0.05, 0.1) is 0 Å².